The standard InChI is InChI=1S/C21H19ClN2O3S/c22-18-7-3-1-6-16(18)20-13-17(15-5-2-4-8-19(15)24-20)21(25)23-14-9-11-28(26,27)12-10-14/h1-8,13-14H,9-12H2,(H,23,25). The molecule has 0 atom stereocenters. The first-order chi connectivity index (χ1) is 13.4. The Balaban J connectivity index is 1.71. The van der Waals surface area contributed by atoms with E-state index in [1.807, 2.05) is 42.5 Å². The summed E-state index contributed by atoms with van der Waals surface area (Å²) in [5.41, 5.74) is 2.60. The van der Waals surface area contributed by atoms with Crippen molar-refractivity contribution in [2.75, 3.05) is 11.5 Å². The largest absolute Gasteiger partial charge is 0.349 e. The zero-order valence-electron chi connectivity index (χ0n) is 15.1. The van der Waals surface area contributed by atoms with Gasteiger partial charge in [0.1, 0.15) is 9.84 Å². The highest BCUT2D eigenvalue weighted by atomic mass is 35.5. The Morgan fingerprint density at radius 1 is 1.04 bits per heavy atom. The SMILES string of the molecule is O=C(NC1CCS(=O)(=O)CC1)c1cc(-c2ccccc2Cl)nc2ccccc12. The van der Waals surface area contributed by atoms with Gasteiger partial charge >= 0.3 is 0 Å². The fraction of sp³-hybridized carbons (Fsp3) is 0.238. The van der Waals surface area contributed by atoms with Crippen molar-refractivity contribution in [3.05, 3.63) is 65.2 Å². The van der Waals surface area contributed by atoms with Crippen LogP contribution in [0.4, 0.5) is 0 Å². The number of hydrogen-bond donors (Lipinski definition) is 1. The summed E-state index contributed by atoms with van der Waals surface area (Å²) >= 11 is 6.33. The smallest absolute Gasteiger partial charge is 0.252 e. The van der Waals surface area contributed by atoms with Gasteiger partial charge in [-0.2, -0.15) is 0 Å². The second kappa shape index (κ2) is 7.53. The van der Waals surface area contributed by atoms with Gasteiger partial charge in [-0.1, -0.05) is 48.0 Å². The van der Waals surface area contributed by atoms with Crippen molar-refractivity contribution in [2.45, 2.75) is 18.9 Å². The monoisotopic (exact) mass is 414 g/mol. The summed E-state index contributed by atoms with van der Waals surface area (Å²) in [4.78, 5) is 17.7. The van der Waals surface area contributed by atoms with Crippen molar-refractivity contribution in [1.82, 2.24) is 10.3 Å². The number of carbonyl (C=O) groups is 1. The predicted octanol–water partition coefficient (Wildman–Crippen LogP) is 3.86. The van der Waals surface area contributed by atoms with Gasteiger partial charge in [-0.15, -0.1) is 0 Å². The van der Waals surface area contributed by atoms with Crippen LogP contribution in [0.2, 0.25) is 5.02 Å². The molecule has 1 aliphatic heterocycles. The van der Waals surface area contributed by atoms with Crippen molar-refractivity contribution in [3.8, 4) is 11.3 Å². The number of amides is 1. The number of aromatic nitrogens is 1. The Labute approximate surface area is 168 Å². The first-order valence-corrected chi connectivity index (χ1v) is 11.3. The van der Waals surface area contributed by atoms with E-state index in [2.05, 4.69) is 10.3 Å². The molecule has 1 amide bonds. The number of benzene rings is 2. The third-order valence-corrected chi connectivity index (χ3v) is 7.05. The fourth-order valence-corrected chi connectivity index (χ4v) is 5.19. The predicted molar refractivity (Wildman–Crippen MR) is 111 cm³/mol. The summed E-state index contributed by atoms with van der Waals surface area (Å²) in [7, 11) is -2.97. The number of fused-ring (bicyclic) bond motifs is 1. The lowest BCUT2D eigenvalue weighted by Crippen LogP contribution is -2.40. The second-order valence-corrected chi connectivity index (χ2v) is 9.66. The number of pyridine rings is 1. The van der Waals surface area contributed by atoms with Crippen molar-refractivity contribution in [3.63, 3.8) is 0 Å². The van der Waals surface area contributed by atoms with E-state index < -0.39 is 9.84 Å². The molecule has 0 aliphatic carbocycles. The molecule has 7 heteroatoms. The maximum Gasteiger partial charge on any atom is 0.252 e. The average Bonchev–Trinajstić information content (AvgIpc) is 2.69. The van der Waals surface area contributed by atoms with Crippen LogP contribution >= 0.6 is 11.6 Å². The summed E-state index contributed by atoms with van der Waals surface area (Å²) in [5, 5.41) is 4.31. The third kappa shape index (κ3) is 3.88. The Bertz CT molecular complexity index is 1150. The van der Waals surface area contributed by atoms with Crippen molar-refractivity contribution < 1.29 is 13.2 Å². The molecule has 1 N–H and O–H groups in total. The molecule has 0 radical (unpaired) electrons. The van der Waals surface area contributed by atoms with E-state index in [9.17, 15) is 13.2 Å². The lowest BCUT2D eigenvalue weighted by Gasteiger charge is -2.23. The first kappa shape index (κ1) is 18.9. The van der Waals surface area contributed by atoms with Crippen LogP contribution in [0.1, 0.15) is 23.2 Å². The summed E-state index contributed by atoms with van der Waals surface area (Å²) in [6, 6.07) is 16.4. The van der Waals surface area contributed by atoms with E-state index in [-0.39, 0.29) is 23.5 Å². The molecule has 0 bridgehead atoms. The Hall–Kier alpha value is -2.44. The van der Waals surface area contributed by atoms with Gasteiger partial charge in [-0.05, 0) is 31.0 Å². The Morgan fingerprint density at radius 2 is 1.71 bits per heavy atom. The van der Waals surface area contributed by atoms with Gasteiger partial charge in [0.25, 0.3) is 5.91 Å². The molecule has 144 valence electrons. The van der Waals surface area contributed by atoms with Gasteiger partial charge < -0.3 is 5.32 Å². The molecular weight excluding hydrogens is 396 g/mol. The molecule has 4 rings (SSSR count). The zero-order valence-corrected chi connectivity index (χ0v) is 16.6. The minimum Gasteiger partial charge on any atom is -0.349 e. The summed E-state index contributed by atoms with van der Waals surface area (Å²) in [5.74, 6) is -0.00369. The van der Waals surface area contributed by atoms with E-state index in [0.29, 0.717) is 34.6 Å². The van der Waals surface area contributed by atoms with Crippen LogP contribution in [0, 0.1) is 0 Å². The minimum absolute atomic E-state index is 0.111. The number of nitrogens with one attached hydrogen (secondary N) is 1. The fourth-order valence-electron chi connectivity index (χ4n) is 3.47. The first-order valence-electron chi connectivity index (χ1n) is 9.09. The highest BCUT2D eigenvalue weighted by Crippen LogP contribution is 2.30. The van der Waals surface area contributed by atoms with Crippen LogP contribution in [-0.4, -0.2) is 36.9 Å². The molecule has 2 heterocycles. The second-order valence-electron chi connectivity index (χ2n) is 6.95. The van der Waals surface area contributed by atoms with Crippen LogP contribution in [0.3, 0.4) is 0 Å². The van der Waals surface area contributed by atoms with E-state index in [1.165, 1.54) is 0 Å². The van der Waals surface area contributed by atoms with Gasteiger partial charge in [0.2, 0.25) is 0 Å². The van der Waals surface area contributed by atoms with E-state index in [1.54, 1.807) is 12.1 Å². The highest BCUT2D eigenvalue weighted by molar-refractivity contribution is 7.91. The number of carbonyl (C=O) groups excluding carboxylic acids is 1. The number of rotatable bonds is 3. The molecule has 0 saturated carbocycles. The maximum absolute atomic E-state index is 13.0. The number of halogens is 1. The topological polar surface area (TPSA) is 76.1 Å². The van der Waals surface area contributed by atoms with Crippen LogP contribution in [0.25, 0.3) is 22.2 Å². The summed E-state index contributed by atoms with van der Waals surface area (Å²) < 4.78 is 23.3. The average molecular weight is 415 g/mol. The summed E-state index contributed by atoms with van der Waals surface area (Å²) in [6.45, 7) is 0. The van der Waals surface area contributed by atoms with Crippen LogP contribution in [0.15, 0.2) is 54.6 Å². The number of hydrogen-bond acceptors (Lipinski definition) is 4. The number of sulfone groups is 1. The van der Waals surface area contributed by atoms with E-state index in [4.69, 9.17) is 11.6 Å². The molecule has 1 aliphatic rings. The lowest BCUT2D eigenvalue weighted by atomic mass is 10.0. The molecule has 0 unspecified atom stereocenters. The molecule has 3 aromatic rings. The van der Waals surface area contributed by atoms with Gasteiger partial charge in [-0.25, -0.2) is 13.4 Å². The minimum atomic E-state index is -2.97. The lowest BCUT2D eigenvalue weighted by molar-refractivity contribution is 0.0936. The van der Waals surface area contributed by atoms with Crippen LogP contribution in [-0.2, 0) is 9.84 Å². The highest BCUT2D eigenvalue weighted by Gasteiger charge is 2.25. The number of nitrogens with zero attached hydrogens (tertiary/aromatic N) is 1. The van der Waals surface area contributed by atoms with Gasteiger partial charge in [0, 0.05) is 22.0 Å². The van der Waals surface area contributed by atoms with Crippen molar-refractivity contribution in [1.29, 1.82) is 0 Å². The molecule has 2 aromatic carbocycles. The van der Waals surface area contributed by atoms with Crippen LogP contribution in [0.5, 0.6) is 0 Å². The molecular formula is C21H19ClN2O3S. The number of para-hydroxylation sites is 1. The van der Waals surface area contributed by atoms with Gasteiger partial charge in [-0.3, -0.25) is 4.79 Å². The molecule has 1 fully saturated rings. The zero-order chi connectivity index (χ0) is 19.7. The maximum atomic E-state index is 13.0. The van der Waals surface area contributed by atoms with E-state index >= 15 is 0 Å². The van der Waals surface area contributed by atoms with E-state index in [0.717, 1.165) is 10.9 Å². The molecule has 1 aromatic heterocycles. The third-order valence-electron chi connectivity index (χ3n) is 5.00. The van der Waals surface area contributed by atoms with Gasteiger partial charge in [0.05, 0.1) is 28.3 Å². The van der Waals surface area contributed by atoms with Crippen molar-refractivity contribution >= 4 is 38.2 Å². The summed E-state index contributed by atoms with van der Waals surface area (Å²) in [6.07, 6.45) is 0.878. The Kier molecular flexibility index (Phi) is 5.08. The quantitative estimate of drug-likeness (QED) is 0.706. The molecule has 5 nitrogen and oxygen atoms in total. The molecule has 0 spiro atoms. The van der Waals surface area contributed by atoms with Crippen LogP contribution < -0.4 is 5.32 Å². The molecule has 28 heavy (non-hydrogen) atoms. The molecule has 1 saturated heterocycles. The van der Waals surface area contributed by atoms with Gasteiger partial charge in [0.15, 0.2) is 0 Å². The normalized spacial score (nSPS) is 16.8. The Morgan fingerprint density at radius 3 is 2.46 bits per heavy atom. The van der Waals surface area contributed by atoms with Crippen molar-refractivity contribution in [2.24, 2.45) is 0 Å².